The second-order valence-electron chi connectivity index (χ2n) is 3.97. The van der Waals surface area contributed by atoms with Gasteiger partial charge in [0.05, 0.1) is 6.20 Å². The lowest BCUT2D eigenvalue weighted by atomic mass is 10.2. The number of nitrogen functional groups attached to an aromatic ring is 1. The Morgan fingerprint density at radius 1 is 1.53 bits per heavy atom. The van der Waals surface area contributed by atoms with E-state index in [0.717, 1.165) is 0 Å². The number of carbonyl (C=O) groups is 1. The number of ether oxygens (including phenoxy) is 1. The molecular formula is C9H13N3O3. The number of carboxylic acids is 1. The maximum absolute atomic E-state index is 10.8. The summed E-state index contributed by atoms with van der Waals surface area (Å²) in [6.45, 7) is 5.37. The molecule has 0 radical (unpaired) electrons. The smallest absolute Gasteiger partial charge is 0.360 e. The minimum absolute atomic E-state index is 0.0239. The number of nitrogens with two attached hydrogens (primary N) is 1. The van der Waals surface area contributed by atoms with Gasteiger partial charge in [-0.25, -0.2) is 14.8 Å². The molecular weight excluding hydrogens is 198 g/mol. The van der Waals surface area contributed by atoms with E-state index in [4.69, 9.17) is 15.6 Å². The number of carboxylic acid groups (broad SMARTS) is 1. The Morgan fingerprint density at radius 2 is 2.13 bits per heavy atom. The summed E-state index contributed by atoms with van der Waals surface area (Å²) in [5.74, 6) is -1.19. The van der Waals surface area contributed by atoms with E-state index in [1.54, 1.807) is 20.8 Å². The van der Waals surface area contributed by atoms with E-state index in [-0.39, 0.29) is 17.4 Å². The van der Waals surface area contributed by atoms with E-state index < -0.39 is 11.6 Å². The summed E-state index contributed by atoms with van der Waals surface area (Å²) in [6.07, 6.45) is 1.26. The molecule has 0 saturated heterocycles. The maximum atomic E-state index is 10.8. The fraction of sp³-hybridized carbons (Fsp3) is 0.444. The first-order valence-corrected chi connectivity index (χ1v) is 4.34. The molecule has 0 amide bonds. The maximum Gasteiger partial charge on any atom is 0.360 e. The van der Waals surface area contributed by atoms with E-state index in [0.29, 0.717) is 0 Å². The number of rotatable bonds is 2. The molecule has 1 heterocycles. The molecule has 0 atom stereocenters. The van der Waals surface area contributed by atoms with Crippen LogP contribution >= 0.6 is 0 Å². The van der Waals surface area contributed by atoms with Crippen molar-refractivity contribution in [2.75, 3.05) is 5.73 Å². The zero-order valence-corrected chi connectivity index (χ0v) is 8.81. The predicted octanol–water partition coefficient (Wildman–Crippen LogP) is 0.934. The number of aromatic carboxylic acids is 1. The number of nitrogens with zero attached hydrogens (tertiary/aromatic N) is 2. The van der Waals surface area contributed by atoms with Crippen LogP contribution in [0.15, 0.2) is 6.20 Å². The van der Waals surface area contributed by atoms with Crippen molar-refractivity contribution in [2.24, 2.45) is 0 Å². The van der Waals surface area contributed by atoms with Gasteiger partial charge in [0.15, 0.2) is 0 Å². The molecule has 0 aromatic carbocycles. The highest BCUT2D eigenvalue weighted by Crippen LogP contribution is 2.19. The highest BCUT2D eigenvalue weighted by molar-refractivity contribution is 5.88. The minimum atomic E-state index is -1.21. The van der Waals surface area contributed by atoms with Crippen LogP contribution in [0.5, 0.6) is 5.88 Å². The Hall–Kier alpha value is -1.85. The third kappa shape index (κ3) is 3.08. The molecule has 6 nitrogen and oxygen atoms in total. The van der Waals surface area contributed by atoms with Crippen LogP contribution in [-0.4, -0.2) is 26.6 Å². The van der Waals surface area contributed by atoms with Crippen molar-refractivity contribution in [1.29, 1.82) is 0 Å². The SMILES string of the molecule is CC(C)(C)Oc1ncc(N)nc1C(=O)O. The summed E-state index contributed by atoms with van der Waals surface area (Å²) in [6, 6.07) is 0. The van der Waals surface area contributed by atoms with Crippen LogP contribution in [0.3, 0.4) is 0 Å². The van der Waals surface area contributed by atoms with Crippen LogP contribution in [0.2, 0.25) is 0 Å². The summed E-state index contributed by atoms with van der Waals surface area (Å²) in [4.78, 5) is 18.3. The van der Waals surface area contributed by atoms with Crippen LogP contribution in [0.25, 0.3) is 0 Å². The molecule has 3 N–H and O–H groups in total. The highest BCUT2D eigenvalue weighted by Gasteiger charge is 2.21. The molecule has 0 spiro atoms. The highest BCUT2D eigenvalue weighted by atomic mass is 16.5. The summed E-state index contributed by atoms with van der Waals surface area (Å²) >= 11 is 0. The predicted molar refractivity (Wildman–Crippen MR) is 53.8 cm³/mol. The van der Waals surface area contributed by atoms with E-state index >= 15 is 0 Å². The summed E-state index contributed by atoms with van der Waals surface area (Å²) in [5.41, 5.74) is 4.53. The van der Waals surface area contributed by atoms with Gasteiger partial charge < -0.3 is 15.6 Å². The first kappa shape index (κ1) is 11.2. The van der Waals surface area contributed by atoms with Crippen LogP contribution in [0.4, 0.5) is 5.82 Å². The van der Waals surface area contributed by atoms with Crippen LogP contribution < -0.4 is 10.5 Å². The van der Waals surface area contributed by atoms with Crippen molar-refractivity contribution < 1.29 is 14.6 Å². The molecule has 1 rings (SSSR count). The van der Waals surface area contributed by atoms with Gasteiger partial charge in [0, 0.05) is 0 Å². The van der Waals surface area contributed by atoms with Crippen molar-refractivity contribution in [3.63, 3.8) is 0 Å². The molecule has 0 aliphatic rings. The Bertz CT molecular complexity index is 385. The average Bonchev–Trinajstić information content (AvgIpc) is 2.05. The van der Waals surface area contributed by atoms with Crippen LogP contribution in [0, 0.1) is 0 Å². The van der Waals surface area contributed by atoms with E-state index in [1.165, 1.54) is 6.20 Å². The molecule has 0 saturated carbocycles. The van der Waals surface area contributed by atoms with Crippen molar-refractivity contribution in [3.8, 4) is 5.88 Å². The molecule has 6 heteroatoms. The molecule has 0 fully saturated rings. The van der Waals surface area contributed by atoms with E-state index in [2.05, 4.69) is 9.97 Å². The monoisotopic (exact) mass is 211 g/mol. The molecule has 0 aliphatic carbocycles. The van der Waals surface area contributed by atoms with Gasteiger partial charge in [-0.2, -0.15) is 0 Å². The lowest BCUT2D eigenvalue weighted by Crippen LogP contribution is -2.25. The molecule has 15 heavy (non-hydrogen) atoms. The van der Waals surface area contributed by atoms with E-state index in [9.17, 15) is 4.79 Å². The summed E-state index contributed by atoms with van der Waals surface area (Å²) in [7, 11) is 0. The van der Waals surface area contributed by atoms with Gasteiger partial charge >= 0.3 is 5.97 Å². The second-order valence-corrected chi connectivity index (χ2v) is 3.97. The van der Waals surface area contributed by atoms with Crippen molar-refractivity contribution >= 4 is 11.8 Å². The molecule has 0 unspecified atom stereocenters. The zero-order chi connectivity index (χ0) is 11.6. The standard InChI is InChI=1S/C9H13N3O3/c1-9(2,3)15-7-6(8(13)14)12-5(10)4-11-7/h4H,1-3H3,(H2,10,12)(H,13,14). The fourth-order valence-electron chi connectivity index (χ4n) is 0.896. The van der Waals surface area contributed by atoms with Crippen molar-refractivity contribution in [1.82, 2.24) is 9.97 Å². The largest absolute Gasteiger partial charge is 0.476 e. The van der Waals surface area contributed by atoms with Crippen molar-refractivity contribution in [2.45, 2.75) is 26.4 Å². The van der Waals surface area contributed by atoms with Gasteiger partial charge in [-0.15, -0.1) is 0 Å². The number of hydrogen-bond donors (Lipinski definition) is 2. The third-order valence-corrected chi connectivity index (χ3v) is 1.36. The number of anilines is 1. The van der Waals surface area contributed by atoms with Crippen LogP contribution in [0.1, 0.15) is 31.3 Å². The Morgan fingerprint density at radius 3 is 2.60 bits per heavy atom. The van der Waals surface area contributed by atoms with Crippen molar-refractivity contribution in [3.05, 3.63) is 11.9 Å². The lowest BCUT2D eigenvalue weighted by Gasteiger charge is -2.20. The fourth-order valence-corrected chi connectivity index (χ4v) is 0.896. The first-order chi connectivity index (χ1) is 6.79. The number of hydrogen-bond acceptors (Lipinski definition) is 5. The Labute approximate surface area is 87.1 Å². The first-order valence-electron chi connectivity index (χ1n) is 4.34. The van der Waals surface area contributed by atoms with Gasteiger partial charge in [0.1, 0.15) is 11.4 Å². The van der Waals surface area contributed by atoms with Gasteiger partial charge in [-0.1, -0.05) is 0 Å². The molecule has 1 aromatic heterocycles. The van der Waals surface area contributed by atoms with E-state index in [1.807, 2.05) is 0 Å². The molecule has 82 valence electrons. The molecule has 1 aromatic rings. The summed E-state index contributed by atoms with van der Waals surface area (Å²) < 4.78 is 5.34. The topological polar surface area (TPSA) is 98.3 Å². The molecule has 0 aliphatic heterocycles. The zero-order valence-electron chi connectivity index (χ0n) is 8.81. The molecule has 0 bridgehead atoms. The Kier molecular flexibility index (Phi) is 2.78. The van der Waals surface area contributed by atoms with Gasteiger partial charge in [-0.3, -0.25) is 0 Å². The van der Waals surface area contributed by atoms with Gasteiger partial charge in [-0.05, 0) is 20.8 Å². The lowest BCUT2D eigenvalue weighted by molar-refractivity contribution is 0.0669. The second kappa shape index (κ2) is 3.72. The van der Waals surface area contributed by atoms with Crippen LogP contribution in [-0.2, 0) is 0 Å². The Balaban J connectivity index is 3.12. The number of aromatic nitrogens is 2. The average molecular weight is 211 g/mol. The quantitative estimate of drug-likeness (QED) is 0.755. The van der Waals surface area contributed by atoms with Gasteiger partial charge in [0.2, 0.25) is 11.6 Å². The minimum Gasteiger partial charge on any atom is -0.476 e. The normalized spacial score (nSPS) is 11.1. The van der Waals surface area contributed by atoms with Gasteiger partial charge in [0.25, 0.3) is 0 Å². The summed E-state index contributed by atoms with van der Waals surface area (Å²) in [5, 5.41) is 8.85. The third-order valence-electron chi connectivity index (χ3n) is 1.36.